The van der Waals surface area contributed by atoms with Crippen molar-refractivity contribution in [2.75, 3.05) is 12.0 Å². The van der Waals surface area contributed by atoms with Crippen LogP contribution in [0, 0.1) is 17.0 Å². The van der Waals surface area contributed by atoms with Gasteiger partial charge in [0.05, 0.1) is 17.7 Å². The van der Waals surface area contributed by atoms with Gasteiger partial charge in [0.25, 0.3) is 5.56 Å². The van der Waals surface area contributed by atoms with Crippen molar-refractivity contribution in [2.24, 2.45) is 5.10 Å². The first-order valence-corrected chi connectivity index (χ1v) is 6.92. The fraction of sp³-hybridized carbons (Fsp3) is 0.214. The van der Waals surface area contributed by atoms with E-state index in [0.29, 0.717) is 11.3 Å². The molecule has 0 atom stereocenters. The molecule has 24 heavy (non-hydrogen) atoms. The summed E-state index contributed by atoms with van der Waals surface area (Å²) in [6.07, 6.45) is 1.28. The molecule has 0 saturated carbocycles. The number of aryl methyl sites for hydroxylation is 1. The third-order valence-corrected chi connectivity index (χ3v) is 2.83. The van der Waals surface area contributed by atoms with Crippen LogP contribution in [-0.2, 0) is 0 Å². The van der Waals surface area contributed by atoms with Gasteiger partial charge in [0.15, 0.2) is 5.75 Å². The highest BCUT2D eigenvalue weighted by molar-refractivity contribution is 5.83. The van der Waals surface area contributed by atoms with E-state index >= 15 is 0 Å². The third kappa shape index (κ3) is 4.06. The van der Waals surface area contributed by atoms with Crippen molar-refractivity contribution < 1.29 is 14.8 Å². The Morgan fingerprint density at radius 2 is 2.25 bits per heavy atom. The molecule has 2 rings (SSSR count). The normalized spacial score (nSPS) is 10.8. The average molecular weight is 333 g/mol. The number of phenols is 1. The zero-order valence-corrected chi connectivity index (χ0v) is 12.9. The number of aromatic nitrogens is 2. The molecule has 0 spiro atoms. The number of benzene rings is 1. The number of H-pyrrole nitrogens is 1. The van der Waals surface area contributed by atoms with Crippen molar-refractivity contribution in [3.8, 4) is 11.5 Å². The van der Waals surface area contributed by atoms with Gasteiger partial charge in [0.1, 0.15) is 0 Å². The Hall–Kier alpha value is -3.43. The number of aromatic amines is 1. The van der Waals surface area contributed by atoms with Crippen LogP contribution in [0.3, 0.4) is 0 Å². The average Bonchev–Trinajstić information content (AvgIpc) is 2.49. The largest absolute Gasteiger partial charge is 0.500 e. The van der Waals surface area contributed by atoms with Crippen LogP contribution >= 0.6 is 0 Å². The zero-order chi connectivity index (χ0) is 17.7. The summed E-state index contributed by atoms with van der Waals surface area (Å²) in [5.74, 6) is -0.429. The molecule has 0 bridgehead atoms. The minimum absolute atomic E-state index is 0.0183. The number of nitrogens with one attached hydrogen (secondary N) is 2. The Kier molecular flexibility index (Phi) is 5.09. The number of hydrogen-bond donors (Lipinski definition) is 3. The monoisotopic (exact) mass is 333 g/mol. The van der Waals surface area contributed by atoms with E-state index in [1.165, 1.54) is 18.3 Å². The van der Waals surface area contributed by atoms with Gasteiger partial charge in [-0.15, -0.1) is 0 Å². The number of aromatic hydroxyl groups is 1. The van der Waals surface area contributed by atoms with Crippen molar-refractivity contribution in [1.29, 1.82) is 0 Å². The number of nitro benzene ring substituents is 1. The highest BCUT2D eigenvalue weighted by Crippen LogP contribution is 2.36. The number of hydrazone groups is 1. The van der Waals surface area contributed by atoms with Crippen LogP contribution in [0.5, 0.6) is 11.5 Å². The summed E-state index contributed by atoms with van der Waals surface area (Å²) in [5, 5.41) is 24.6. The molecule has 0 amide bonds. The van der Waals surface area contributed by atoms with Gasteiger partial charge in [-0.3, -0.25) is 19.9 Å². The number of phenolic OH excluding ortho intramolecular Hbond substituents is 1. The van der Waals surface area contributed by atoms with Gasteiger partial charge in [0.2, 0.25) is 11.7 Å². The van der Waals surface area contributed by atoms with Gasteiger partial charge in [-0.2, -0.15) is 5.10 Å². The number of rotatable bonds is 6. The van der Waals surface area contributed by atoms with Crippen molar-refractivity contribution in [3.05, 3.63) is 49.9 Å². The first-order chi connectivity index (χ1) is 11.4. The molecule has 0 aliphatic carbocycles. The maximum absolute atomic E-state index is 11.3. The number of nitro groups is 1. The second-order valence-corrected chi connectivity index (χ2v) is 4.68. The molecule has 10 nitrogen and oxygen atoms in total. The number of nitrogens with zero attached hydrogens (tertiary/aromatic N) is 3. The summed E-state index contributed by atoms with van der Waals surface area (Å²) in [4.78, 5) is 28.0. The Morgan fingerprint density at radius 1 is 1.50 bits per heavy atom. The fourth-order valence-corrected chi connectivity index (χ4v) is 1.89. The maximum atomic E-state index is 11.3. The smallest absolute Gasteiger partial charge is 0.315 e. The van der Waals surface area contributed by atoms with Crippen molar-refractivity contribution in [2.45, 2.75) is 13.8 Å². The van der Waals surface area contributed by atoms with E-state index in [1.807, 2.05) is 0 Å². The van der Waals surface area contributed by atoms with Crippen LogP contribution in [0.2, 0.25) is 0 Å². The second kappa shape index (κ2) is 7.22. The summed E-state index contributed by atoms with van der Waals surface area (Å²) in [7, 11) is 0. The Balaban J connectivity index is 2.27. The van der Waals surface area contributed by atoms with E-state index in [4.69, 9.17) is 4.74 Å². The summed E-state index contributed by atoms with van der Waals surface area (Å²) in [6.45, 7) is 3.58. The molecule has 0 aliphatic heterocycles. The third-order valence-electron chi connectivity index (χ3n) is 2.83. The van der Waals surface area contributed by atoms with E-state index < -0.39 is 16.4 Å². The fourth-order valence-electron chi connectivity index (χ4n) is 1.89. The predicted octanol–water partition coefficient (Wildman–Crippen LogP) is 1.54. The molecule has 0 unspecified atom stereocenters. The lowest BCUT2D eigenvalue weighted by Gasteiger charge is -2.07. The first kappa shape index (κ1) is 16.9. The molecule has 1 heterocycles. The van der Waals surface area contributed by atoms with E-state index in [-0.39, 0.29) is 23.9 Å². The maximum Gasteiger partial charge on any atom is 0.315 e. The lowest BCUT2D eigenvalue weighted by atomic mass is 10.2. The lowest BCUT2D eigenvalue weighted by Crippen LogP contribution is -2.10. The van der Waals surface area contributed by atoms with Crippen molar-refractivity contribution in [3.63, 3.8) is 0 Å². The quantitative estimate of drug-likeness (QED) is 0.413. The molecule has 3 N–H and O–H groups in total. The molecule has 10 heteroatoms. The summed E-state index contributed by atoms with van der Waals surface area (Å²) in [6, 6.07) is 3.88. The van der Waals surface area contributed by atoms with Gasteiger partial charge in [-0.05, 0) is 19.9 Å². The highest BCUT2D eigenvalue weighted by Gasteiger charge is 2.19. The molecular weight excluding hydrogens is 318 g/mol. The molecule has 126 valence electrons. The Morgan fingerprint density at radius 3 is 2.88 bits per heavy atom. The van der Waals surface area contributed by atoms with Crippen LogP contribution < -0.4 is 15.7 Å². The summed E-state index contributed by atoms with van der Waals surface area (Å²) < 4.78 is 5.17. The van der Waals surface area contributed by atoms with E-state index in [1.54, 1.807) is 13.8 Å². The Bertz CT molecular complexity index is 846. The van der Waals surface area contributed by atoms with Gasteiger partial charge in [0, 0.05) is 23.4 Å². The van der Waals surface area contributed by atoms with E-state index in [2.05, 4.69) is 20.5 Å². The van der Waals surface area contributed by atoms with Crippen LogP contribution in [0.4, 0.5) is 11.6 Å². The van der Waals surface area contributed by atoms with E-state index in [0.717, 1.165) is 6.07 Å². The minimum Gasteiger partial charge on any atom is -0.500 e. The van der Waals surface area contributed by atoms with E-state index in [9.17, 15) is 20.0 Å². The summed E-state index contributed by atoms with van der Waals surface area (Å²) in [5.41, 5.74) is 2.52. The molecule has 0 saturated heterocycles. The van der Waals surface area contributed by atoms with Gasteiger partial charge >= 0.3 is 5.69 Å². The molecule has 0 radical (unpaired) electrons. The molecule has 2 aromatic rings. The van der Waals surface area contributed by atoms with Gasteiger partial charge in [-0.1, -0.05) is 0 Å². The zero-order valence-electron chi connectivity index (χ0n) is 12.9. The van der Waals surface area contributed by atoms with Crippen molar-refractivity contribution in [1.82, 2.24) is 9.97 Å². The van der Waals surface area contributed by atoms with Gasteiger partial charge in [-0.25, -0.2) is 10.4 Å². The molecule has 1 aromatic carbocycles. The minimum atomic E-state index is -0.720. The standard InChI is InChI=1S/C14H15N5O5/c1-3-24-11-6-9(5-10(13(11)21)19(22)23)7-15-18-14-16-8(2)4-12(20)17-14/h4-7,21H,3H2,1-2H3,(H2,16,17,18,20)/b15-7-. The van der Waals surface area contributed by atoms with Crippen LogP contribution in [0.1, 0.15) is 18.2 Å². The summed E-state index contributed by atoms with van der Waals surface area (Å²) >= 11 is 0. The first-order valence-electron chi connectivity index (χ1n) is 6.92. The molecule has 0 aliphatic rings. The van der Waals surface area contributed by atoms with Crippen molar-refractivity contribution >= 4 is 17.9 Å². The topological polar surface area (TPSA) is 143 Å². The Labute approximate surface area is 136 Å². The van der Waals surface area contributed by atoms with Crippen LogP contribution in [-0.4, -0.2) is 32.8 Å². The number of ether oxygens (including phenoxy) is 1. The molecule has 1 aromatic heterocycles. The second-order valence-electron chi connectivity index (χ2n) is 4.68. The SMILES string of the molecule is CCOc1cc(/C=N\Nc2nc(C)cc(=O)[nH]2)cc([N+](=O)[O-])c1O. The molecule has 0 fully saturated rings. The highest BCUT2D eigenvalue weighted by atomic mass is 16.6. The molecular formula is C14H15N5O5. The number of anilines is 1. The van der Waals surface area contributed by atoms with Gasteiger partial charge < -0.3 is 9.84 Å². The van der Waals surface area contributed by atoms with Crippen LogP contribution in [0.25, 0.3) is 0 Å². The van der Waals surface area contributed by atoms with Crippen LogP contribution in [0.15, 0.2) is 28.1 Å². The number of hydrogen-bond acceptors (Lipinski definition) is 8. The predicted molar refractivity (Wildman–Crippen MR) is 86.7 cm³/mol. The lowest BCUT2D eigenvalue weighted by molar-refractivity contribution is -0.386.